The number of nitrogens with zero attached hydrogens (tertiary/aromatic N) is 10. The topological polar surface area (TPSA) is 209 Å². The molecule has 67 heavy (non-hydrogen) atoms. The Labute approximate surface area is 387 Å². The summed E-state index contributed by atoms with van der Waals surface area (Å²) in [6, 6.07) is 34.2. The minimum atomic E-state index is -0.0699. The number of phenolic OH excluding ortho intramolecular Hbond substituents is 1. The molecule has 5 N–H and O–H groups in total. The number of carbonyl (C=O) groups excluding carboxylic acids is 2. The predicted molar refractivity (Wildman–Crippen MR) is 260 cm³/mol. The monoisotopic (exact) mass is 896 g/mol. The lowest BCUT2D eigenvalue weighted by Gasteiger charge is -2.32. The van der Waals surface area contributed by atoms with Gasteiger partial charge in [0.15, 0.2) is 11.3 Å². The fourth-order valence-electron chi connectivity index (χ4n) is 8.32. The van der Waals surface area contributed by atoms with Crippen LogP contribution >= 0.6 is 0 Å². The molecule has 4 aromatic carbocycles. The minimum Gasteiger partial charge on any atom is -0.508 e. The standard InChI is InChI=1S/C25H24N6O2.C20H22N6O.C6H6O/c1-2-21(32)30-14-6-7-18(15-30)31-25-22(24(26)27-16-28-25)23(29-31)17-10-12-20(13-11-17)33-19-8-4-3-5-9-19;1-3-16(27)25-10-4-5-15(11-25)26-20-17(19(21)22-12-23-20)18(24-26)14-8-6-13(2)7-9-14;7-6-4-2-1-3-5-6/h2-5,8-13,16,18H,1,6-7,14-15H2,(H2,26,27,28);3,6-9,12,15H,1,4-5,10-11H2,2H3,(H2,21,22,23);1-5,7H/t18-;15-;/m11./s1. The largest absolute Gasteiger partial charge is 0.508 e. The van der Waals surface area contributed by atoms with Gasteiger partial charge in [0.25, 0.3) is 0 Å². The first kappa shape index (κ1) is 45.2. The molecule has 2 amide bonds. The average molecular weight is 897 g/mol. The van der Waals surface area contributed by atoms with Gasteiger partial charge in [-0.25, -0.2) is 29.3 Å². The van der Waals surface area contributed by atoms with Gasteiger partial charge in [0.1, 0.15) is 52.9 Å². The number of ether oxygens (including phenoxy) is 1. The van der Waals surface area contributed by atoms with Crippen LogP contribution in [0.3, 0.4) is 0 Å². The number of nitrogens with two attached hydrogens (primary N) is 2. The van der Waals surface area contributed by atoms with E-state index in [4.69, 9.17) is 31.5 Å². The summed E-state index contributed by atoms with van der Waals surface area (Å²) in [6.45, 7) is 11.8. The molecule has 16 heteroatoms. The summed E-state index contributed by atoms with van der Waals surface area (Å²) in [5.74, 6) is 2.49. The van der Waals surface area contributed by atoms with Crippen molar-refractivity contribution in [1.29, 1.82) is 0 Å². The van der Waals surface area contributed by atoms with Crippen molar-refractivity contribution >= 4 is 45.5 Å². The number of benzene rings is 4. The van der Waals surface area contributed by atoms with Gasteiger partial charge >= 0.3 is 0 Å². The highest BCUT2D eigenvalue weighted by molar-refractivity contribution is 5.99. The Morgan fingerprint density at radius 2 is 1.06 bits per heavy atom. The summed E-state index contributed by atoms with van der Waals surface area (Å²) in [7, 11) is 0. The molecule has 0 saturated carbocycles. The number of aromatic hydroxyl groups is 1. The fraction of sp³-hybridized carbons (Fsp3) is 0.216. The van der Waals surface area contributed by atoms with E-state index in [1.165, 1.54) is 30.4 Å². The molecular weight excluding hydrogens is 845 g/mol. The maximum absolute atomic E-state index is 12.2. The molecule has 2 saturated heterocycles. The number of phenols is 1. The molecule has 0 spiro atoms. The van der Waals surface area contributed by atoms with Crippen LogP contribution in [0, 0.1) is 6.92 Å². The smallest absolute Gasteiger partial charge is 0.246 e. The Morgan fingerprint density at radius 1 is 0.627 bits per heavy atom. The highest BCUT2D eigenvalue weighted by Crippen LogP contribution is 2.36. The summed E-state index contributed by atoms with van der Waals surface area (Å²) in [5, 5.41) is 19.9. The molecule has 2 aliphatic rings. The highest BCUT2D eigenvalue weighted by atomic mass is 16.5. The Morgan fingerprint density at radius 3 is 1.49 bits per heavy atom. The number of fused-ring (bicyclic) bond motifs is 2. The Balaban J connectivity index is 0.000000161. The van der Waals surface area contributed by atoms with Gasteiger partial charge in [-0.15, -0.1) is 0 Å². The van der Waals surface area contributed by atoms with Gasteiger partial charge in [-0.2, -0.15) is 10.2 Å². The molecular formula is C51H52N12O4. The van der Waals surface area contributed by atoms with Crippen molar-refractivity contribution < 1.29 is 19.4 Å². The number of para-hydroxylation sites is 2. The van der Waals surface area contributed by atoms with E-state index in [9.17, 15) is 9.59 Å². The van der Waals surface area contributed by atoms with E-state index in [0.717, 1.165) is 65.9 Å². The highest BCUT2D eigenvalue weighted by Gasteiger charge is 2.29. The number of likely N-dealkylation sites (tertiary alicyclic amines) is 2. The molecule has 10 rings (SSSR count). The van der Waals surface area contributed by atoms with Gasteiger partial charge in [0.05, 0.1) is 22.9 Å². The first-order valence-corrected chi connectivity index (χ1v) is 22.1. The Kier molecular flexibility index (Phi) is 13.9. The van der Waals surface area contributed by atoms with Crippen molar-refractivity contribution in [3.63, 3.8) is 0 Å². The molecule has 8 aromatic rings. The number of rotatable bonds is 8. The molecule has 2 aliphatic heterocycles. The summed E-state index contributed by atoms with van der Waals surface area (Å²) in [5.41, 5.74) is 18.3. The van der Waals surface area contributed by atoms with Crippen LogP contribution in [0.25, 0.3) is 44.6 Å². The first-order valence-electron chi connectivity index (χ1n) is 22.1. The third-order valence-electron chi connectivity index (χ3n) is 11.7. The minimum absolute atomic E-state index is 0.00566. The van der Waals surface area contributed by atoms with Crippen LogP contribution in [0.2, 0.25) is 0 Å². The van der Waals surface area contributed by atoms with E-state index in [-0.39, 0.29) is 23.9 Å². The summed E-state index contributed by atoms with van der Waals surface area (Å²) in [4.78, 5) is 45.1. The zero-order valence-electron chi connectivity index (χ0n) is 37.2. The number of anilines is 2. The quantitative estimate of drug-likeness (QED) is 0.123. The lowest BCUT2D eigenvalue weighted by atomic mass is 10.1. The van der Waals surface area contributed by atoms with E-state index >= 15 is 0 Å². The molecule has 4 aromatic heterocycles. The van der Waals surface area contributed by atoms with Crippen LogP contribution in [0.15, 0.2) is 147 Å². The van der Waals surface area contributed by atoms with E-state index < -0.39 is 0 Å². The van der Waals surface area contributed by atoms with E-state index in [2.05, 4.69) is 33.1 Å². The molecule has 6 heterocycles. The normalized spacial score (nSPS) is 15.7. The fourth-order valence-corrected chi connectivity index (χ4v) is 8.32. The van der Waals surface area contributed by atoms with Crippen molar-refractivity contribution in [3.8, 4) is 39.8 Å². The van der Waals surface area contributed by atoms with Gasteiger partial charge < -0.3 is 31.1 Å². The zero-order chi connectivity index (χ0) is 46.9. The Bertz CT molecular complexity index is 2990. The molecule has 16 nitrogen and oxygen atoms in total. The number of hydrogen-bond acceptors (Lipinski definition) is 12. The number of amides is 2. The second kappa shape index (κ2) is 20.6. The van der Waals surface area contributed by atoms with Crippen LogP contribution in [-0.4, -0.2) is 92.4 Å². The number of carbonyl (C=O) groups is 2. The third-order valence-corrected chi connectivity index (χ3v) is 11.7. The molecule has 2 atom stereocenters. The average Bonchev–Trinajstić information content (AvgIpc) is 3.96. The third kappa shape index (κ3) is 10.3. The predicted octanol–water partition coefficient (Wildman–Crippen LogP) is 8.34. The molecule has 340 valence electrons. The second-order valence-electron chi connectivity index (χ2n) is 16.2. The first-order chi connectivity index (χ1) is 32.6. The van der Waals surface area contributed by atoms with Crippen molar-refractivity contribution in [2.75, 3.05) is 37.6 Å². The zero-order valence-corrected chi connectivity index (χ0v) is 37.2. The summed E-state index contributed by atoms with van der Waals surface area (Å²) < 4.78 is 9.70. The van der Waals surface area contributed by atoms with E-state index in [1.807, 2.05) is 106 Å². The summed E-state index contributed by atoms with van der Waals surface area (Å²) >= 11 is 0. The molecule has 0 radical (unpaired) electrons. The number of aromatic nitrogens is 8. The van der Waals surface area contributed by atoms with Crippen LogP contribution in [0.5, 0.6) is 17.2 Å². The number of aryl methyl sites for hydroxylation is 1. The molecule has 0 unspecified atom stereocenters. The van der Waals surface area contributed by atoms with Crippen LogP contribution in [-0.2, 0) is 9.59 Å². The van der Waals surface area contributed by atoms with Crippen molar-refractivity contribution in [2.24, 2.45) is 0 Å². The number of piperidine rings is 2. The number of hydrogen-bond donors (Lipinski definition) is 3. The van der Waals surface area contributed by atoms with Crippen LogP contribution < -0.4 is 16.2 Å². The maximum Gasteiger partial charge on any atom is 0.246 e. The van der Waals surface area contributed by atoms with E-state index in [0.29, 0.717) is 59.4 Å². The molecule has 2 fully saturated rings. The SMILES string of the molecule is C=CC(=O)N1CCC[C@@H](n2nc(-c3ccc(C)cc3)c3c(N)ncnc32)C1.C=CC(=O)N1CCC[C@@H](n2nc(-c3ccc(Oc4ccccc4)cc3)c3c(N)ncnc32)C1.Oc1ccccc1. The van der Waals surface area contributed by atoms with Gasteiger partial charge in [-0.1, -0.05) is 79.4 Å². The Hall–Kier alpha value is -8.40. The van der Waals surface area contributed by atoms with Gasteiger partial charge in [0.2, 0.25) is 11.8 Å². The van der Waals surface area contributed by atoms with Crippen LogP contribution in [0.1, 0.15) is 43.3 Å². The lowest BCUT2D eigenvalue weighted by Crippen LogP contribution is -2.40. The van der Waals surface area contributed by atoms with Gasteiger partial charge in [-0.05, 0) is 93.3 Å². The van der Waals surface area contributed by atoms with Crippen molar-refractivity contribution in [1.82, 2.24) is 49.3 Å². The summed E-state index contributed by atoms with van der Waals surface area (Å²) in [6.07, 6.45) is 9.24. The second-order valence-corrected chi connectivity index (χ2v) is 16.2. The molecule has 0 bridgehead atoms. The number of nitrogen functional groups attached to an aromatic ring is 2. The van der Waals surface area contributed by atoms with Gasteiger partial charge in [-0.3, -0.25) is 9.59 Å². The lowest BCUT2D eigenvalue weighted by molar-refractivity contribution is -0.128. The van der Waals surface area contributed by atoms with Crippen LogP contribution in [0.4, 0.5) is 11.6 Å². The maximum atomic E-state index is 12.2. The van der Waals surface area contributed by atoms with Crippen molar-refractivity contribution in [3.05, 3.63) is 153 Å². The van der Waals surface area contributed by atoms with E-state index in [1.54, 1.807) is 29.2 Å². The van der Waals surface area contributed by atoms with Gasteiger partial charge in [0, 0.05) is 37.3 Å². The molecule has 0 aliphatic carbocycles. The van der Waals surface area contributed by atoms with Crippen molar-refractivity contribution in [2.45, 2.75) is 44.7 Å².